The van der Waals surface area contributed by atoms with Gasteiger partial charge in [-0.2, -0.15) is 0 Å². The summed E-state index contributed by atoms with van der Waals surface area (Å²) in [7, 11) is -2.32. The molecule has 6 heavy (non-hydrogen) atoms. The van der Waals surface area contributed by atoms with Crippen molar-refractivity contribution in [2.24, 2.45) is 0 Å². The summed E-state index contributed by atoms with van der Waals surface area (Å²) in [6.45, 7) is 0. The van der Waals surface area contributed by atoms with Gasteiger partial charge in [0, 0.05) is 0 Å². The molecule has 0 fully saturated rings. The maximum atomic E-state index is 9.67. The molecule has 0 bridgehead atoms. The highest BCUT2D eigenvalue weighted by Crippen LogP contribution is 2.07. The Morgan fingerprint density at radius 3 is 2.50 bits per heavy atom. The molecule has 0 aromatic heterocycles. The molecule has 0 spiro atoms. The van der Waals surface area contributed by atoms with Gasteiger partial charge in [-0.1, -0.05) is 12.8 Å². The topological polar surface area (TPSA) is 49.3 Å². The number of hydrogen-bond donors (Lipinski definition) is 3. The van der Waals surface area contributed by atoms with Crippen molar-refractivity contribution in [3.63, 3.8) is 0 Å². The van der Waals surface area contributed by atoms with Crippen LogP contribution in [0.25, 0.3) is 0 Å². The minimum Gasteiger partial charge on any atom is -0.345 e. The molecule has 0 rings (SSSR count). The quantitative estimate of drug-likeness (QED) is 0.357. The van der Waals surface area contributed by atoms with E-state index in [1.807, 2.05) is 0 Å². The molecule has 0 amide bonds. The molecule has 0 aliphatic rings. The maximum absolute atomic E-state index is 9.67. The molecule has 0 radical (unpaired) electrons. The minimum atomic E-state index is -2.32. The summed E-state index contributed by atoms with van der Waals surface area (Å²) in [5.41, 5.74) is 0. The molecule has 0 aromatic carbocycles. The van der Waals surface area contributed by atoms with Crippen LogP contribution in [0.3, 0.4) is 0 Å². The van der Waals surface area contributed by atoms with Crippen LogP contribution in [0.2, 0.25) is 0 Å². The van der Waals surface area contributed by atoms with E-state index < -0.39 is 8.03 Å². The van der Waals surface area contributed by atoms with Crippen molar-refractivity contribution in [2.45, 2.75) is 0 Å². The predicted molar refractivity (Wildman–Crippen MR) is 28.2 cm³/mol. The van der Waals surface area contributed by atoms with Crippen LogP contribution in [0.4, 0.5) is 0 Å². The van der Waals surface area contributed by atoms with Crippen LogP contribution in [0.15, 0.2) is 0 Å². The van der Waals surface area contributed by atoms with Gasteiger partial charge in [-0.25, -0.2) is 0 Å². The lowest BCUT2D eigenvalue weighted by atomic mass is 11.5. The number of rotatable bonds is 2. The molecule has 0 aliphatic carbocycles. The summed E-state index contributed by atoms with van der Waals surface area (Å²) in [6.07, 6.45) is 0.0910. The third-order valence-corrected chi connectivity index (χ3v) is 1.17. The first-order valence-corrected chi connectivity index (χ1v) is 3.37. The Kier molecular flexibility index (Phi) is 3.99. The second kappa shape index (κ2) is 3.68. The average molecular weight is 127 g/mol. The van der Waals surface area contributed by atoms with E-state index in [1.165, 1.54) is 0 Å². The maximum Gasteiger partial charge on any atom is 0.203 e. The molecule has 0 heterocycles. The fourth-order valence-corrected chi connectivity index (χ4v) is 0.609. The van der Waals surface area contributed by atoms with Crippen LogP contribution in [0.1, 0.15) is 0 Å². The van der Waals surface area contributed by atoms with Gasteiger partial charge in [0.05, 0.1) is 6.29 Å². The highest BCUT2D eigenvalue weighted by atomic mass is 32.1. The third kappa shape index (κ3) is 4.50. The molecule has 3 nitrogen and oxygen atoms in total. The summed E-state index contributed by atoms with van der Waals surface area (Å²) in [5, 5.41) is 0. The Labute approximate surface area is 42.2 Å². The van der Waals surface area contributed by atoms with Crippen LogP contribution in [0, 0.1) is 0 Å². The van der Waals surface area contributed by atoms with Gasteiger partial charge in [-0.05, 0) is 0 Å². The lowest BCUT2D eigenvalue weighted by Crippen LogP contribution is -1.93. The van der Waals surface area contributed by atoms with E-state index in [4.69, 9.17) is 4.89 Å². The van der Waals surface area contributed by atoms with E-state index in [9.17, 15) is 4.57 Å². The Hall–Kier alpha value is 0.500. The Morgan fingerprint density at radius 1 is 2.00 bits per heavy atom. The van der Waals surface area contributed by atoms with Gasteiger partial charge in [-0.3, -0.25) is 9.29 Å². The number of hydrogen-bond acceptors (Lipinski definition) is 3. The number of nitrogens with one attached hydrogen (secondary N) is 1. The highest BCUT2D eigenvalue weighted by molar-refractivity contribution is 7.78. The van der Waals surface area contributed by atoms with Gasteiger partial charge in [0.1, 0.15) is 0 Å². The van der Waals surface area contributed by atoms with Crippen molar-refractivity contribution in [3.05, 3.63) is 0 Å². The molecule has 38 valence electrons. The van der Waals surface area contributed by atoms with Gasteiger partial charge in [0.2, 0.25) is 8.03 Å². The van der Waals surface area contributed by atoms with Crippen LogP contribution in [0.5, 0.6) is 0 Å². The lowest BCUT2D eigenvalue weighted by molar-refractivity contribution is 0.502. The first-order chi connectivity index (χ1) is 2.77. The van der Waals surface area contributed by atoms with E-state index in [0.29, 0.717) is 0 Å². The third-order valence-electron chi connectivity index (χ3n) is 0.230. The van der Waals surface area contributed by atoms with E-state index in [2.05, 4.69) is 17.5 Å². The summed E-state index contributed by atoms with van der Waals surface area (Å²) in [5.74, 6) is 0. The summed E-state index contributed by atoms with van der Waals surface area (Å²) in [6, 6.07) is 0. The van der Waals surface area contributed by atoms with Crippen molar-refractivity contribution in [3.8, 4) is 0 Å². The summed E-state index contributed by atoms with van der Waals surface area (Å²) >= 11 is 3.48. The van der Waals surface area contributed by atoms with Gasteiger partial charge >= 0.3 is 0 Å². The first kappa shape index (κ1) is 6.50. The Bertz CT molecular complexity index is 57.5. The Morgan fingerprint density at radius 2 is 2.50 bits per heavy atom. The van der Waals surface area contributed by atoms with Crippen LogP contribution in [-0.2, 0) is 4.57 Å². The van der Waals surface area contributed by atoms with E-state index in [0.717, 1.165) is 0 Å². The molecule has 2 N–H and O–H groups in total. The van der Waals surface area contributed by atoms with Gasteiger partial charge in [-0.15, -0.1) is 0 Å². The molecular weight excluding hydrogens is 121 g/mol. The molecular formula is CH6NO2PS. The van der Waals surface area contributed by atoms with Crippen molar-refractivity contribution in [1.29, 1.82) is 0 Å². The molecule has 0 aliphatic heterocycles. The second-order valence-corrected chi connectivity index (χ2v) is 2.19. The SMILES string of the molecule is O=[PH](O)CNS. The highest BCUT2D eigenvalue weighted by Gasteiger charge is 1.82. The fourth-order valence-electron chi connectivity index (χ4n) is 0.0676. The molecule has 0 saturated heterocycles. The zero-order valence-corrected chi connectivity index (χ0v) is 4.90. The van der Waals surface area contributed by atoms with Crippen LogP contribution < -0.4 is 4.72 Å². The normalized spacial score (nSPS) is 14.3. The summed E-state index contributed by atoms with van der Waals surface area (Å²) < 4.78 is 11.9. The largest absolute Gasteiger partial charge is 0.345 e. The molecule has 0 aromatic rings. The standard InChI is InChI=1S/CH6NO2PS/c3-5(4)1-2-6/h2,5-6H,1H2,(H,3,4). The molecule has 5 heteroatoms. The number of thiol groups is 1. The van der Waals surface area contributed by atoms with Crippen LogP contribution in [-0.4, -0.2) is 11.2 Å². The average Bonchev–Trinajstić information content (AvgIpc) is 1.35. The fraction of sp³-hybridized carbons (Fsp3) is 1.00. The minimum absolute atomic E-state index is 0.0910. The van der Waals surface area contributed by atoms with Crippen molar-refractivity contribution in [2.75, 3.05) is 6.29 Å². The zero-order chi connectivity index (χ0) is 4.99. The van der Waals surface area contributed by atoms with Gasteiger partial charge < -0.3 is 4.89 Å². The monoisotopic (exact) mass is 127 g/mol. The second-order valence-electron chi connectivity index (χ2n) is 0.729. The van der Waals surface area contributed by atoms with E-state index in [1.54, 1.807) is 0 Å². The van der Waals surface area contributed by atoms with Crippen molar-refractivity contribution < 1.29 is 9.46 Å². The van der Waals surface area contributed by atoms with Crippen LogP contribution >= 0.6 is 20.8 Å². The predicted octanol–water partition coefficient (Wildman–Crippen LogP) is -0.155. The smallest absolute Gasteiger partial charge is 0.203 e. The van der Waals surface area contributed by atoms with Gasteiger partial charge in [0.15, 0.2) is 0 Å². The lowest BCUT2D eigenvalue weighted by Gasteiger charge is -1.85. The zero-order valence-electron chi connectivity index (χ0n) is 3.01. The van der Waals surface area contributed by atoms with E-state index in [-0.39, 0.29) is 6.29 Å². The molecule has 1 atom stereocenters. The molecule has 0 saturated carbocycles. The molecule has 1 unspecified atom stereocenters. The van der Waals surface area contributed by atoms with Crippen molar-refractivity contribution >= 4 is 20.8 Å². The first-order valence-electron chi connectivity index (χ1n) is 1.36. The van der Waals surface area contributed by atoms with Gasteiger partial charge in [0.25, 0.3) is 0 Å². The summed E-state index contributed by atoms with van der Waals surface area (Å²) in [4.78, 5) is 7.99. The Balaban J connectivity index is 2.83. The van der Waals surface area contributed by atoms with E-state index >= 15 is 0 Å². The van der Waals surface area contributed by atoms with Crippen molar-refractivity contribution in [1.82, 2.24) is 4.72 Å².